The predicted molar refractivity (Wildman–Crippen MR) is 113 cm³/mol. The topological polar surface area (TPSA) is 117 Å². The average Bonchev–Trinajstić information content (AvgIpc) is 3.04. The van der Waals surface area contributed by atoms with Crippen molar-refractivity contribution in [3.8, 4) is 22.8 Å². The largest absolute Gasteiger partial charge is 0.478 e. The standard InChI is InChI=1S/C21H20BrN5O2/c22-13-3-1-2-11(6-13)19-25-8-12-4-5-14-16(20(28)29)15(7-21(23)9-24-10-21)26-18(14)17(12)27-19/h1-3,6,8,24,26H,4-5,7,9-10,23H2,(H,28,29). The molecular weight excluding hydrogens is 434 g/mol. The van der Waals surface area contributed by atoms with E-state index in [0.29, 0.717) is 49.4 Å². The molecule has 0 radical (unpaired) electrons. The van der Waals surface area contributed by atoms with Gasteiger partial charge in [0.25, 0.3) is 0 Å². The maximum absolute atomic E-state index is 12.1. The van der Waals surface area contributed by atoms with Crippen molar-refractivity contribution in [3.63, 3.8) is 0 Å². The number of carbonyl (C=O) groups is 1. The Morgan fingerprint density at radius 3 is 2.83 bits per heavy atom. The van der Waals surface area contributed by atoms with Crippen LogP contribution in [0.2, 0.25) is 0 Å². The van der Waals surface area contributed by atoms with Crippen LogP contribution in [0.25, 0.3) is 22.8 Å². The van der Waals surface area contributed by atoms with E-state index in [1.54, 1.807) is 0 Å². The molecule has 0 unspecified atom stereocenters. The van der Waals surface area contributed by atoms with Crippen molar-refractivity contribution in [3.05, 3.63) is 57.3 Å². The number of nitrogens with two attached hydrogens (primary N) is 1. The Labute approximate surface area is 175 Å². The van der Waals surface area contributed by atoms with E-state index in [0.717, 1.165) is 32.6 Å². The van der Waals surface area contributed by atoms with Crippen LogP contribution in [0.1, 0.15) is 27.2 Å². The first-order valence-electron chi connectivity index (χ1n) is 9.52. The van der Waals surface area contributed by atoms with E-state index in [1.165, 1.54) is 0 Å². The highest BCUT2D eigenvalue weighted by Gasteiger charge is 2.36. The molecule has 8 heteroatoms. The third kappa shape index (κ3) is 3.17. The number of hydrogen-bond acceptors (Lipinski definition) is 5. The molecule has 0 bridgehead atoms. The molecule has 5 rings (SSSR count). The summed E-state index contributed by atoms with van der Waals surface area (Å²) in [6.07, 6.45) is 3.71. The Morgan fingerprint density at radius 2 is 2.14 bits per heavy atom. The molecule has 0 amide bonds. The molecular formula is C21H20BrN5O2. The highest BCUT2D eigenvalue weighted by atomic mass is 79.9. The van der Waals surface area contributed by atoms with E-state index < -0.39 is 11.5 Å². The van der Waals surface area contributed by atoms with Gasteiger partial charge in [-0.05, 0) is 36.1 Å². The summed E-state index contributed by atoms with van der Waals surface area (Å²) in [6, 6.07) is 7.82. The molecule has 1 aliphatic carbocycles. The molecule has 1 fully saturated rings. The van der Waals surface area contributed by atoms with Crippen LogP contribution in [-0.2, 0) is 19.3 Å². The number of fused-ring (bicyclic) bond motifs is 3. The molecule has 148 valence electrons. The van der Waals surface area contributed by atoms with Crippen molar-refractivity contribution in [1.82, 2.24) is 20.3 Å². The van der Waals surface area contributed by atoms with Gasteiger partial charge in [0.05, 0.1) is 17.0 Å². The number of hydrogen-bond donors (Lipinski definition) is 4. The van der Waals surface area contributed by atoms with Crippen LogP contribution >= 0.6 is 15.9 Å². The average molecular weight is 454 g/mol. The molecule has 3 aromatic rings. The van der Waals surface area contributed by atoms with E-state index in [9.17, 15) is 9.90 Å². The van der Waals surface area contributed by atoms with Crippen LogP contribution in [0.5, 0.6) is 0 Å². The summed E-state index contributed by atoms with van der Waals surface area (Å²) in [5.74, 6) is -0.303. The molecule has 1 aromatic carbocycles. The van der Waals surface area contributed by atoms with Gasteiger partial charge in [0.2, 0.25) is 0 Å². The van der Waals surface area contributed by atoms with Gasteiger partial charge in [-0.3, -0.25) is 0 Å². The van der Waals surface area contributed by atoms with Crippen molar-refractivity contribution in [2.45, 2.75) is 24.8 Å². The maximum atomic E-state index is 12.1. The zero-order valence-electron chi connectivity index (χ0n) is 15.6. The third-order valence-corrected chi connectivity index (χ3v) is 6.20. The number of rotatable bonds is 4. The van der Waals surface area contributed by atoms with Crippen LogP contribution in [0.15, 0.2) is 34.9 Å². The van der Waals surface area contributed by atoms with Crippen LogP contribution < -0.4 is 11.1 Å². The van der Waals surface area contributed by atoms with E-state index in [2.05, 4.69) is 31.2 Å². The van der Waals surface area contributed by atoms with Gasteiger partial charge in [-0.25, -0.2) is 14.8 Å². The molecule has 2 aliphatic rings. The Balaban J connectivity index is 1.63. The molecule has 29 heavy (non-hydrogen) atoms. The monoisotopic (exact) mass is 453 g/mol. The smallest absolute Gasteiger partial charge is 0.337 e. The fourth-order valence-corrected chi connectivity index (χ4v) is 4.59. The number of halogens is 1. The summed E-state index contributed by atoms with van der Waals surface area (Å²) >= 11 is 3.49. The van der Waals surface area contributed by atoms with Gasteiger partial charge in [-0.15, -0.1) is 0 Å². The highest BCUT2D eigenvalue weighted by molar-refractivity contribution is 9.10. The Kier molecular flexibility index (Phi) is 4.31. The van der Waals surface area contributed by atoms with E-state index >= 15 is 0 Å². The second-order valence-corrected chi connectivity index (χ2v) is 8.77. The summed E-state index contributed by atoms with van der Waals surface area (Å²) in [5.41, 5.74) is 11.3. The van der Waals surface area contributed by atoms with Crippen molar-refractivity contribution in [2.24, 2.45) is 5.73 Å². The lowest BCUT2D eigenvalue weighted by Crippen LogP contribution is -2.66. The number of H-pyrrole nitrogens is 1. The number of carboxylic acid groups (broad SMARTS) is 1. The number of aromatic carboxylic acids is 1. The number of benzene rings is 1. The molecule has 5 N–H and O–H groups in total. The number of nitrogens with one attached hydrogen (secondary N) is 2. The summed E-state index contributed by atoms with van der Waals surface area (Å²) in [4.78, 5) is 24.8. The fourth-order valence-electron chi connectivity index (χ4n) is 4.19. The van der Waals surface area contributed by atoms with Gasteiger partial charge >= 0.3 is 5.97 Å². The van der Waals surface area contributed by atoms with Crippen LogP contribution in [-0.4, -0.2) is 44.7 Å². The van der Waals surface area contributed by atoms with Gasteiger partial charge in [0.1, 0.15) is 0 Å². The minimum atomic E-state index is -0.918. The number of aromatic amines is 1. The number of aromatic nitrogens is 3. The minimum Gasteiger partial charge on any atom is -0.478 e. The first kappa shape index (κ1) is 18.5. The SMILES string of the molecule is NC1(Cc2[nH]c3c(c2C(=O)O)CCc2cnc(-c4cccc(Br)c4)nc2-3)CNC1. The Hall–Kier alpha value is -2.55. The molecule has 0 spiro atoms. The molecule has 1 aliphatic heterocycles. The lowest BCUT2D eigenvalue weighted by molar-refractivity contribution is 0.0694. The lowest BCUT2D eigenvalue weighted by atomic mass is 9.86. The van der Waals surface area contributed by atoms with Gasteiger partial charge in [-0.1, -0.05) is 28.1 Å². The van der Waals surface area contributed by atoms with Crippen molar-refractivity contribution in [2.75, 3.05) is 13.1 Å². The molecule has 0 atom stereocenters. The molecule has 2 aromatic heterocycles. The van der Waals surface area contributed by atoms with Crippen molar-refractivity contribution in [1.29, 1.82) is 0 Å². The Bertz CT molecular complexity index is 1140. The van der Waals surface area contributed by atoms with E-state index in [-0.39, 0.29) is 0 Å². The van der Waals surface area contributed by atoms with Crippen molar-refractivity contribution < 1.29 is 9.90 Å². The molecule has 3 heterocycles. The van der Waals surface area contributed by atoms with E-state index in [4.69, 9.17) is 10.7 Å². The van der Waals surface area contributed by atoms with Crippen molar-refractivity contribution >= 4 is 21.9 Å². The highest BCUT2D eigenvalue weighted by Crippen LogP contribution is 2.37. The number of nitrogens with zero attached hydrogens (tertiary/aromatic N) is 2. The number of aryl methyl sites for hydroxylation is 1. The predicted octanol–water partition coefficient (Wildman–Crippen LogP) is 2.54. The normalized spacial score (nSPS) is 16.6. The molecule has 0 saturated carbocycles. The number of carboxylic acids is 1. The fraction of sp³-hybridized carbons (Fsp3) is 0.286. The second kappa shape index (κ2) is 6.76. The van der Waals surface area contributed by atoms with Crippen LogP contribution in [0, 0.1) is 0 Å². The van der Waals surface area contributed by atoms with Gasteiger partial charge < -0.3 is 21.1 Å². The lowest BCUT2D eigenvalue weighted by Gasteiger charge is -2.39. The summed E-state index contributed by atoms with van der Waals surface area (Å²) in [7, 11) is 0. The summed E-state index contributed by atoms with van der Waals surface area (Å²) in [6.45, 7) is 1.36. The zero-order chi connectivity index (χ0) is 20.2. The molecule has 1 saturated heterocycles. The first-order valence-corrected chi connectivity index (χ1v) is 10.3. The first-order chi connectivity index (χ1) is 13.9. The van der Waals surface area contributed by atoms with Crippen LogP contribution in [0.4, 0.5) is 0 Å². The summed E-state index contributed by atoms with van der Waals surface area (Å²) in [5, 5.41) is 13.1. The van der Waals surface area contributed by atoms with Gasteiger partial charge in [0, 0.05) is 47.0 Å². The zero-order valence-corrected chi connectivity index (χ0v) is 17.2. The van der Waals surface area contributed by atoms with Crippen LogP contribution in [0.3, 0.4) is 0 Å². The second-order valence-electron chi connectivity index (χ2n) is 7.86. The van der Waals surface area contributed by atoms with Gasteiger partial charge in [0.15, 0.2) is 5.82 Å². The Morgan fingerprint density at radius 1 is 1.31 bits per heavy atom. The minimum absolute atomic E-state index is 0.352. The molecule has 7 nitrogen and oxygen atoms in total. The maximum Gasteiger partial charge on any atom is 0.337 e. The quantitative estimate of drug-likeness (QED) is 0.482. The van der Waals surface area contributed by atoms with E-state index in [1.807, 2.05) is 30.5 Å². The summed E-state index contributed by atoms with van der Waals surface area (Å²) < 4.78 is 0.953. The third-order valence-electron chi connectivity index (χ3n) is 5.71. The van der Waals surface area contributed by atoms with Gasteiger partial charge in [-0.2, -0.15) is 0 Å².